The molecule has 3 aliphatic heterocycles. The lowest BCUT2D eigenvalue weighted by Crippen LogP contribution is -2.54. The SMILES string of the molecule is CN1CC2(CCCCc3ccccc3OCCCC1=O)CCN(C(=O)C1(c3cccc(F)c3)CCOCC1)CC2. The molecule has 2 fully saturated rings. The van der Waals surface area contributed by atoms with Gasteiger partial charge in [-0.1, -0.05) is 36.8 Å². The highest BCUT2D eigenvalue weighted by molar-refractivity contribution is 5.88. The van der Waals surface area contributed by atoms with Crippen LogP contribution in [0.15, 0.2) is 48.5 Å². The fraction of sp³-hybridized carbons (Fsp3) is 0.576. The number of aryl methyl sites for hydroxylation is 1. The second kappa shape index (κ2) is 12.7. The van der Waals surface area contributed by atoms with Crippen molar-refractivity contribution in [1.29, 1.82) is 0 Å². The van der Waals surface area contributed by atoms with Crippen LogP contribution in [-0.4, -0.2) is 68.1 Å². The first-order chi connectivity index (χ1) is 19.4. The van der Waals surface area contributed by atoms with Gasteiger partial charge in [-0.2, -0.15) is 0 Å². The van der Waals surface area contributed by atoms with Crippen LogP contribution in [0.1, 0.15) is 68.9 Å². The maximum Gasteiger partial charge on any atom is 0.233 e. The van der Waals surface area contributed by atoms with Gasteiger partial charge >= 0.3 is 0 Å². The van der Waals surface area contributed by atoms with Crippen molar-refractivity contribution >= 4 is 11.8 Å². The van der Waals surface area contributed by atoms with Crippen molar-refractivity contribution in [3.8, 4) is 5.75 Å². The third-order valence-corrected chi connectivity index (χ3v) is 9.41. The van der Waals surface area contributed by atoms with Gasteiger partial charge in [0.05, 0.1) is 12.0 Å². The number of carbonyl (C=O) groups excluding carboxylic acids is 2. The number of nitrogens with zero attached hydrogens (tertiary/aromatic N) is 2. The second-order valence-corrected chi connectivity index (χ2v) is 12.0. The van der Waals surface area contributed by atoms with Crippen molar-refractivity contribution in [2.24, 2.45) is 5.41 Å². The summed E-state index contributed by atoms with van der Waals surface area (Å²) in [6.45, 7) is 3.58. The number of benzene rings is 2. The van der Waals surface area contributed by atoms with Gasteiger partial charge in [-0.3, -0.25) is 9.59 Å². The molecule has 0 aliphatic carbocycles. The topological polar surface area (TPSA) is 59.1 Å². The zero-order valence-electron chi connectivity index (χ0n) is 23.8. The molecular weight excluding hydrogens is 507 g/mol. The lowest BCUT2D eigenvalue weighted by atomic mass is 9.70. The number of hydrogen-bond donors (Lipinski definition) is 0. The predicted octanol–water partition coefficient (Wildman–Crippen LogP) is 5.53. The molecule has 40 heavy (non-hydrogen) atoms. The molecule has 2 aromatic rings. The number of rotatable bonds is 2. The summed E-state index contributed by atoms with van der Waals surface area (Å²) >= 11 is 0. The number of piperidine rings is 1. The first-order valence-electron chi connectivity index (χ1n) is 15.0. The van der Waals surface area contributed by atoms with Crippen LogP contribution in [0.5, 0.6) is 5.75 Å². The minimum Gasteiger partial charge on any atom is -0.493 e. The first-order valence-corrected chi connectivity index (χ1v) is 15.0. The molecule has 2 aromatic carbocycles. The Morgan fingerprint density at radius 2 is 1.65 bits per heavy atom. The molecular formula is C33H43FN2O4. The number of amides is 2. The molecule has 3 aliphatic rings. The van der Waals surface area contributed by atoms with E-state index in [9.17, 15) is 14.0 Å². The summed E-state index contributed by atoms with van der Waals surface area (Å²) in [5.74, 6) is 0.870. The summed E-state index contributed by atoms with van der Waals surface area (Å²) in [6.07, 6.45) is 8.16. The summed E-state index contributed by atoms with van der Waals surface area (Å²) in [5.41, 5.74) is 1.24. The lowest BCUT2D eigenvalue weighted by Gasteiger charge is -2.47. The van der Waals surface area contributed by atoms with E-state index in [1.807, 2.05) is 35.0 Å². The van der Waals surface area contributed by atoms with Crippen LogP contribution in [0.3, 0.4) is 0 Å². The number of ether oxygens (including phenoxy) is 2. The summed E-state index contributed by atoms with van der Waals surface area (Å²) in [7, 11) is 1.92. The Hall–Kier alpha value is -2.93. The number of halogens is 1. The molecule has 5 rings (SSSR count). The molecule has 0 atom stereocenters. The van der Waals surface area contributed by atoms with Gasteiger partial charge in [-0.05, 0) is 86.1 Å². The third kappa shape index (κ3) is 6.35. The van der Waals surface area contributed by atoms with Crippen molar-refractivity contribution in [2.75, 3.05) is 46.5 Å². The Morgan fingerprint density at radius 3 is 2.42 bits per heavy atom. The number of fused-ring (bicyclic) bond motifs is 1. The largest absolute Gasteiger partial charge is 0.493 e. The highest BCUT2D eigenvalue weighted by atomic mass is 19.1. The predicted molar refractivity (Wildman–Crippen MR) is 153 cm³/mol. The molecule has 0 N–H and O–H groups in total. The fourth-order valence-corrected chi connectivity index (χ4v) is 6.96. The number of carbonyl (C=O) groups is 2. The van der Waals surface area contributed by atoms with Gasteiger partial charge in [0, 0.05) is 46.3 Å². The Kier molecular flexibility index (Phi) is 9.09. The van der Waals surface area contributed by atoms with E-state index in [1.165, 1.54) is 17.7 Å². The monoisotopic (exact) mass is 550 g/mol. The molecule has 0 aromatic heterocycles. The molecule has 0 saturated carbocycles. The molecule has 2 amide bonds. The van der Waals surface area contributed by atoms with Crippen molar-refractivity contribution < 1.29 is 23.5 Å². The van der Waals surface area contributed by atoms with Gasteiger partial charge in [-0.25, -0.2) is 4.39 Å². The van der Waals surface area contributed by atoms with E-state index in [2.05, 4.69) is 12.1 Å². The van der Waals surface area contributed by atoms with Crippen LogP contribution in [0.4, 0.5) is 4.39 Å². The van der Waals surface area contributed by atoms with E-state index >= 15 is 0 Å². The van der Waals surface area contributed by atoms with Crippen LogP contribution in [0.25, 0.3) is 0 Å². The maximum absolute atomic E-state index is 14.2. The van der Waals surface area contributed by atoms with E-state index in [1.54, 1.807) is 6.07 Å². The highest BCUT2D eigenvalue weighted by Gasteiger charge is 2.46. The Bertz CT molecular complexity index is 1170. The first kappa shape index (κ1) is 28.6. The summed E-state index contributed by atoms with van der Waals surface area (Å²) in [4.78, 5) is 31.1. The molecule has 0 radical (unpaired) electrons. The van der Waals surface area contributed by atoms with Crippen molar-refractivity contribution in [1.82, 2.24) is 9.80 Å². The minimum absolute atomic E-state index is 0.0109. The summed E-state index contributed by atoms with van der Waals surface area (Å²) in [6, 6.07) is 14.8. The van der Waals surface area contributed by atoms with Crippen molar-refractivity contribution in [3.63, 3.8) is 0 Å². The van der Waals surface area contributed by atoms with E-state index in [4.69, 9.17) is 9.47 Å². The summed E-state index contributed by atoms with van der Waals surface area (Å²) in [5, 5.41) is 0. The van der Waals surface area contributed by atoms with Gasteiger partial charge in [0.25, 0.3) is 0 Å². The fourth-order valence-electron chi connectivity index (χ4n) is 6.96. The van der Waals surface area contributed by atoms with Gasteiger partial charge in [0.2, 0.25) is 11.8 Å². The second-order valence-electron chi connectivity index (χ2n) is 12.0. The van der Waals surface area contributed by atoms with Gasteiger partial charge in [-0.15, -0.1) is 0 Å². The maximum atomic E-state index is 14.2. The minimum atomic E-state index is -0.740. The van der Waals surface area contributed by atoms with Crippen molar-refractivity contribution in [2.45, 2.75) is 69.6 Å². The average molecular weight is 551 g/mol. The molecule has 2 saturated heterocycles. The molecule has 3 heterocycles. The Balaban J connectivity index is 1.31. The zero-order valence-corrected chi connectivity index (χ0v) is 23.8. The van der Waals surface area contributed by atoms with Crippen LogP contribution in [-0.2, 0) is 26.2 Å². The molecule has 0 bridgehead atoms. The molecule has 216 valence electrons. The van der Waals surface area contributed by atoms with E-state index in [-0.39, 0.29) is 23.0 Å². The van der Waals surface area contributed by atoms with E-state index in [0.717, 1.165) is 49.8 Å². The number of para-hydroxylation sites is 1. The van der Waals surface area contributed by atoms with E-state index < -0.39 is 5.41 Å². The third-order valence-electron chi connectivity index (χ3n) is 9.41. The van der Waals surface area contributed by atoms with Gasteiger partial charge in [0.15, 0.2) is 0 Å². The average Bonchev–Trinajstić information content (AvgIpc) is 2.98. The van der Waals surface area contributed by atoms with Gasteiger partial charge in [0.1, 0.15) is 11.6 Å². The molecule has 6 nitrogen and oxygen atoms in total. The Labute approximate surface area is 237 Å². The Morgan fingerprint density at radius 1 is 0.875 bits per heavy atom. The smallest absolute Gasteiger partial charge is 0.233 e. The molecule has 1 spiro atoms. The molecule has 0 unspecified atom stereocenters. The van der Waals surface area contributed by atoms with E-state index in [0.29, 0.717) is 65.1 Å². The number of likely N-dealkylation sites (tertiary alicyclic amines) is 1. The van der Waals surface area contributed by atoms with Crippen LogP contribution >= 0.6 is 0 Å². The van der Waals surface area contributed by atoms with Crippen LogP contribution in [0.2, 0.25) is 0 Å². The lowest BCUT2D eigenvalue weighted by molar-refractivity contribution is -0.145. The quantitative estimate of drug-likeness (QED) is 0.494. The van der Waals surface area contributed by atoms with Crippen LogP contribution in [0, 0.1) is 11.2 Å². The molecule has 7 heteroatoms. The highest BCUT2D eigenvalue weighted by Crippen LogP contribution is 2.42. The van der Waals surface area contributed by atoms with Crippen LogP contribution < -0.4 is 4.74 Å². The standard InChI is InChI=1S/C33H43FN2O4/c1-35-25-32(14-5-4-9-26-8-2-3-12-29(26)40-21-7-13-30(35)37)15-19-36(20-16-32)31(38)33(17-22-39-23-18-33)27-10-6-11-28(34)24-27/h2-3,6,8,10-12,24H,4-5,7,9,13-23,25H2,1H3. The van der Waals surface area contributed by atoms with Gasteiger partial charge < -0.3 is 19.3 Å². The number of hydrogen-bond acceptors (Lipinski definition) is 4. The normalized spacial score (nSPS) is 22.2. The zero-order chi connectivity index (χ0) is 28.0. The summed E-state index contributed by atoms with van der Waals surface area (Å²) < 4.78 is 25.9. The van der Waals surface area contributed by atoms with Crippen molar-refractivity contribution in [3.05, 3.63) is 65.5 Å².